The number of carboxylic acid groups (broad SMARTS) is 1. The fourth-order valence-electron chi connectivity index (χ4n) is 2.95. The second-order valence-electron chi connectivity index (χ2n) is 5.33. The average Bonchev–Trinajstić information content (AvgIpc) is 2.74. The van der Waals surface area contributed by atoms with Crippen molar-refractivity contribution in [2.75, 3.05) is 19.6 Å². The van der Waals surface area contributed by atoms with E-state index in [-0.39, 0.29) is 24.4 Å². The first-order chi connectivity index (χ1) is 9.00. The molecular formula is C13H20N2O4. The van der Waals surface area contributed by atoms with Crippen molar-refractivity contribution in [2.24, 2.45) is 5.92 Å². The number of carbonyl (C=O) groups is 3. The zero-order valence-corrected chi connectivity index (χ0v) is 11.2. The minimum absolute atomic E-state index is 0.0211. The smallest absolute Gasteiger partial charge is 0.308 e. The number of nitrogens with zero attached hydrogens (tertiary/aromatic N) is 2. The molecule has 19 heavy (non-hydrogen) atoms. The number of likely N-dealkylation sites (tertiary alicyclic amines) is 2. The zero-order chi connectivity index (χ0) is 14.0. The van der Waals surface area contributed by atoms with Crippen molar-refractivity contribution in [3.05, 3.63) is 0 Å². The third-order valence-electron chi connectivity index (χ3n) is 4.12. The van der Waals surface area contributed by atoms with Crippen LogP contribution in [0.25, 0.3) is 0 Å². The Morgan fingerprint density at radius 2 is 2.05 bits per heavy atom. The summed E-state index contributed by atoms with van der Waals surface area (Å²) in [7, 11) is 0. The van der Waals surface area contributed by atoms with Gasteiger partial charge in [-0.15, -0.1) is 0 Å². The van der Waals surface area contributed by atoms with Crippen molar-refractivity contribution in [1.82, 2.24) is 9.80 Å². The number of hydrogen-bond acceptors (Lipinski definition) is 3. The molecule has 0 saturated carbocycles. The monoisotopic (exact) mass is 268 g/mol. The van der Waals surface area contributed by atoms with E-state index in [4.69, 9.17) is 5.11 Å². The molecule has 2 amide bonds. The minimum atomic E-state index is -0.845. The van der Waals surface area contributed by atoms with Crippen molar-refractivity contribution in [3.8, 4) is 0 Å². The molecule has 2 saturated heterocycles. The van der Waals surface area contributed by atoms with E-state index in [1.165, 1.54) is 0 Å². The van der Waals surface area contributed by atoms with Crippen LogP contribution in [0.5, 0.6) is 0 Å². The van der Waals surface area contributed by atoms with Gasteiger partial charge in [0, 0.05) is 25.6 Å². The van der Waals surface area contributed by atoms with Crippen LogP contribution >= 0.6 is 0 Å². The highest BCUT2D eigenvalue weighted by Crippen LogP contribution is 2.24. The number of aliphatic carboxylic acids is 1. The van der Waals surface area contributed by atoms with Gasteiger partial charge < -0.3 is 14.9 Å². The normalized spacial score (nSPS) is 27.7. The maximum atomic E-state index is 12.2. The highest BCUT2D eigenvalue weighted by Gasteiger charge is 2.36. The van der Waals surface area contributed by atoms with Gasteiger partial charge >= 0.3 is 5.97 Å². The first-order valence-corrected chi connectivity index (χ1v) is 6.80. The van der Waals surface area contributed by atoms with Crippen LogP contribution in [0.1, 0.15) is 32.6 Å². The molecule has 2 aliphatic rings. The molecule has 0 radical (unpaired) electrons. The van der Waals surface area contributed by atoms with Gasteiger partial charge in [0.25, 0.3) is 0 Å². The third-order valence-corrected chi connectivity index (χ3v) is 4.12. The Bertz CT molecular complexity index is 396. The highest BCUT2D eigenvalue weighted by molar-refractivity contribution is 5.86. The molecule has 0 aromatic rings. The molecule has 0 aromatic carbocycles. The first-order valence-electron chi connectivity index (χ1n) is 6.80. The maximum absolute atomic E-state index is 12.2. The second-order valence-corrected chi connectivity index (χ2v) is 5.33. The number of hydrogen-bond donors (Lipinski definition) is 1. The first kappa shape index (κ1) is 13.8. The lowest BCUT2D eigenvalue weighted by molar-refractivity contribution is -0.150. The fraction of sp³-hybridized carbons (Fsp3) is 0.769. The van der Waals surface area contributed by atoms with Crippen LogP contribution in [-0.2, 0) is 14.4 Å². The van der Waals surface area contributed by atoms with Crippen LogP contribution in [0.4, 0.5) is 0 Å². The number of rotatable bonds is 3. The molecule has 6 heteroatoms. The lowest BCUT2D eigenvalue weighted by atomic mass is 9.90. The molecule has 2 atom stereocenters. The summed E-state index contributed by atoms with van der Waals surface area (Å²) in [4.78, 5) is 38.0. The minimum Gasteiger partial charge on any atom is -0.481 e. The molecule has 2 heterocycles. The maximum Gasteiger partial charge on any atom is 0.308 e. The summed E-state index contributed by atoms with van der Waals surface area (Å²) in [6.07, 6.45) is 2.64. The highest BCUT2D eigenvalue weighted by atomic mass is 16.4. The van der Waals surface area contributed by atoms with Crippen molar-refractivity contribution in [1.29, 1.82) is 0 Å². The summed E-state index contributed by atoms with van der Waals surface area (Å²) < 4.78 is 0. The van der Waals surface area contributed by atoms with E-state index < -0.39 is 11.9 Å². The number of amides is 2. The lowest BCUT2D eigenvalue weighted by Crippen LogP contribution is -2.52. The summed E-state index contributed by atoms with van der Waals surface area (Å²) >= 11 is 0. The standard InChI is InChI=1S/C13H20N2O4/c1-9-10(13(18)19)4-2-7-15(9)12(17)8-14-6-3-5-11(14)16/h9-10H,2-8H2,1H3,(H,18,19)/t9-,10-/m1/s1. The Balaban J connectivity index is 1.98. The Labute approximate surface area is 112 Å². The molecule has 2 fully saturated rings. The van der Waals surface area contributed by atoms with Gasteiger partial charge in [-0.25, -0.2) is 0 Å². The molecule has 0 aliphatic carbocycles. The molecule has 0 unspecified atom stereocenters. The number of carbonyl (C=O) groups excluding carboxylic acids is 2. The molecule has 2 rings (SSSR count). The van der Waals surface area contributed by atoms with Gasteiger partial charge in [-0.05, 0) is 26.2 Å². The Hall–Kier alpha value is -1.59. The molecule has 0 bridgehead atoms. The Kier molecular flexibility index (Phi) is 4.07. The van der Waals surface area contributed by atoms with Gasteiger partial charge in [-0.3, -0.25) is 14.4 Å². The van der Waals surface area contributed by atoms with E-state index in [2.05, 4.69) is 0 Å². The van der Waals surface area contributed by atoms with E-state index in [0.717, 1.165) is 6.42 Å². The van der Waals surface area contributed by atoms with Crippen LogP contribution in [0.15, 0.2) is 0 Å². The fourth-order valence-corrected chi connectivity index (χ4v) is 2.95. The van der Waals surface area contributed by atoms with E-state index in [9.17, 15) is 14.4 Å². The molecule has 6 nitrogen and oxygen atoms in total. The van der Waals surface area contributed by atoms with Gasteiger partial charge in [-0.1, -0.05) is 0 Å². The average molecular weight is 268 g/mol. The van der Waals surface area contributed by atoms with Gasteiger partial charge in [-0.2, -0.15) is 0 Å². The number of carboxylic acids is 1. The summed E-state index contributed by atoms with van der Waals surface area (Å²) in [5, 5.41) is 9.13. The predicted octanol–water partition coefficient (Wildman–Crippen LogP) is 0.320. The number of piperidine rings is 1. The van der Waals surface area contributed by atoms with Gasteiger partial charge in [0.05, 0.1) is 12.5 Å². The van der Waals surface area contributed by atoms with Gasteiger partial charge in [0.15, 0.2) is 0 Å². The molecule has 106 valence electrons. The predicted molar refractivity (Wildman–Crippen MR) is 67.3 cm³/mol. The summed E-state index contributed by atoms with van der Waals surface area (Å²) in [6, 6.07) is -0.295. The topological polar surface area (TPSA) is 77.9 Å². The van der Waals surface area contributed by atoms with Crippen LogP contribution < -0.4 is 0 Å². The quantitative estimate of drug-likeness (QED) is 0.799. The van der Waals surface area contributed by atoms with Crippen LogP contribution in [-0.4, -0.2) is 58.4 Å². The van der Waals surface area contributed by atoms with E-state index in [1.54, 1.807) is 16.7 Å². The van der Waals surface area contributed by atoms with Crippen LogP contribution in [0.2, 0.25) is 0 Å². The molecule has 1 N–H and O–H groups in total. The molecule has 2 aliphatic heterocycles. The molecule has 0 spiro atoms. The Morgan fingerprint density at radius 3 is 2.63 bits per heavy atom. The third kappa shape index (κ3) is 2.88. The van der Waals surface area contributed by atoms with Gasteiger partial charge in [0.1, 0.15) is 0 Å². The SMILES string of the molecule is C[C@@H]1[C@H](C(=O)O)CCCN1C(=O)CN1CCCC1=O. The molecular weight excluding hydrogens is 248 g/mol. The Morgan fingerprint density at radius 1 is 1.32 bits per heavy atom. The van der Waals surface area contributed by atoms with Crippen molar-refractivity contribution in [2.45, 2.75) is 38.6 Å². The van der Waals surface area contributed by atoms with Gasteiger partial charge in [0.2, 0.25) is 11.8 Å². The van der Waals surface area contributed by atoms with E-state index >= 15 is 0 Å². The van der Waals surface area contributed by atoms with E-state index in [0.29, 0.717) is 32.4 Å². The van der Waals surface area contributed by atoms with Crippen molar-refractivity contribution < 1.29 is 19.5 Å². The summed E-state index contributed by atoms with van der Waals surface area (Å²) in [5.74, 6) is -1.45. The zero-order valence-electron chi connectivity index (χ0n) is 11.2. The largest absolute Gasteiger partial charge is 0.481 e. The van der Waals surface area contributed by atoms with E-state index in [1.807, 2.05) is 0 Å². The van der Waals surface area contributed by atoms with Crippen molar-refractivity contribution in [3.63, 3.8) is 0 Å². The summed E-state index contributed by atoms with van der Waals surface area (Å²) in [5.41, 5.74) is 0. The molecule has 0 aromatic heterocycles. The second kappa shape index (κ2) is 5.59. The van der Waals surface area contributed by atoms with Crippen LogP contribution in [0.3, 0.4) is 0 Å². The van der Waals surface area contributed by atoms with Crippen LogP contribution in [0, 0.1) is 5.92 Å². The van der Waals surface area contributed by atoms with Crippen molar-refractivity contribution >= 4 is 17.8 Å². The summed E-state index contributed by atoms with van der Waals surface area (Å²) in [6.45, 7) is 3.10. The lowest BCUT2D eigenvalue weighted by Gasteiger charge is -2.38.